The molecule has 1 saturated heterocycles. The number of likely N-dealkylation sites (tertiary alicyclic amines) is 1. The zero-order valence-corrected chi connectivity index (χ0v) is 12.9. The van der Waals surface area contributed by atoms with Crippen molar-refractivity contribution in [3.63, 3.8) is 0 Å². The second-order valence-electron chi connectivity index (χ2n) is 7.99. The van der Waals surface area contributed by atoms with Crippen molar-refractivity contribution < 1.29 is 9.90 Å². The monoisotopic (exact) mass is 301 g/mol. The van der Waals surface area contributed by atoms with Gasteiger partial charge in [-0.15, -0.1) is 0 Å². The van der Waals surface area contributed by atoms with Gasteiger partial charge in [0, 0.05) is 13.0 Å². The summed E-state index contributed by atoms with van der Waals surface area (Å²) in [5, 5.41) is 19.8. The summed E-state index contributed by atoms with van der Waals surface area (Å²) >= 11 is 0. The van der Waals surface area contributed by atoms with E-state index in [1.54, 1.807) is 4.90 Å². The number of rotatable bonds is 2. The molecule has 5 aliphatic rings. The molecular formula is C17H23N3O2. The van der Waals surface area contributed by atoms with Gasteiger partial charge in [-0.25, -0.2) is 0 Å². The smallest absolute Gasteiger partial charge is 0.265 e. The van der Waals surface area contributed by atoms with E-state index >= 15 is 0 Å². The van der Waals surface area contributed by atoms with Crippen LogP contribution in [0.5, 0.6) is 0 Å². The third-order valence-electron chi connectivity index (χ3n) is 6.13. The molecule has 2 unspecified atom stereocenters. The average molecular weight is 301 g/mol. The minimum atomic E-state index is -0.548. The molecule has 1 heterocycles. The molecule has 0 aromatic heterocycles. The molecule has 5 nitrogen and oxygen atoms in total. The molecule has 5 fully saturated rings. The van der Waals surface area contributed by atoms with Crippen LogP contribution in [0.15, 0.2) is 4.99 Å². The summed E-state index contributed by atoms with van der Waals surface area (Å²) in [6, 6.07) is 1.91. The first kappa shape index (κ1) is 14.2. The maximum atomic E-state index is 12.4. The highest BCUT2D eigenvalue weighted by atomic mass is 16.3. The lowest BCUT2D eigenvalue weighted by Gasteiger charge is -2.58. The van der Waals surface area contributed by atoms with Gasteiger partial charge in [-0.05, 0) is 56.8 Å². The van der Waals surface area contributed by atoms with Crippen molar-refractivity contribution in [2.24, 2.45) is 16.8 Å². The van der Waals surface area contributed by atoms with Gasteiger partial charge in [-0.2, -0.15) is 5.26 Å². The maximum absolute atomic E-state index is 12.4. The Morgan fingerprint density at radius 3 is 2.68 bits per heavy atom. The molecule has 0 aromatic rings. The highest BCUT2D eigenvalue weighted by molar-refractivity contribution is 6.26. The van der Waals surface area contributed by atoms with Crippen molar-refractivity contribution in [2.75, 3.05) is 6.54 Å². The molecule has 1 N–H and O–H groups in total. The van der Waals surface area contributed by atoms with E-state index in [9.17, 15) is 9.90 Å². The molecule has 0 radical (unpaired) electrons. The number of carbonyl (C=O) groups excluding carboxylic acids is 1. The number of hydrogen-bond acceptors (Lipinski definition) is 4. The summed E-state index contributed by atoms with van der Waals surface area (Å²) in [7, 11) is 0. The fourth-order valence-electron chi connectivity index (χ4n) is 5.75. The maximum Gasteiger partial charge on any atom is 0.265 e. The molecule has 22 heavy (non-hydrogen) atoms. The molecule has 118 valence electrons. The predicted molar refractivity (Wildman–Crippen MR) is 81.2 cm³/mol. The Bertz CT molecular complexity index is 551. The number of aliphatic imine (C=N–C) groups is 1. The third-order valence-corrected chi connectivity index (χ3v) is 6.13. The molecule has 5 heteroatoms. The van der Waals surface area contributed by atoms with E-state index in [-0.39, 0.29) is 17.5 Å². The van der Waals surface area contributed by atoms with Gasteiger partial charge in [0.15, 0.2) is 0 Å². The molecular weight excluding hydrogens is 278 g/mol. The number of carbonyl (C=O) groups is 1. The Labute approximate surface area is 131 Å². The van der Waals surface area contributed by atoms with Gasteiger partial charge in [0.1, 0.15) is 6.04 Å². The van der Waals surface area contributed by atoms with Crippen LogP contribution in [0.1, 0.15) is 51.4 Å². The molecule has 4 bridgehead atoms. The lowest BCUT2D eigenvalue weighted by molar-refractivity contribution is -0.133. The van der Waals surface area contributed by atoms with Crippen LogP contribution in [-0.2, 0) is 4.79 Å². The second kappa shape index (κ2) is 4.79. The minimum absolute atomic E-state index is 0.133. The minimum Gasteiger partial charge on any atom is -0.390 e. The Morgan fingerprint density at radius 2 is 2.05 bits per heavy atom. The molecule has 1 amide bonds. The Morgan fingerprint density at radius 1 is 1.32 bits per heavy atom. The van der Waals surface area contributed by atoms with Crippen LogP contribution in [0.4, 0.5) is 0 Å². The van der Waals surface area contributed by atoms with Crippen LogP contribution in [0.25, 0.3) is 0 Å². The first-order valence-corrected chi connectivity index (χ1v) is 8.49. The average Bonchev–Trinajstić information content (AvgIpc) is 2.90. The van der Waals surface area contributed by atoms with Crippen molar-refractivity contribution >= 4 is 12.1 Å². The highest BCUT2D eigenvalue weighted by Crippen LogP contribution is 2.58. The number of amides is 1. The van der Waals surface area contributed by atoms with Crippen LogP contribution in [0.3, 0.4) is 0 Å². The van der Waals surface area contributed by atoms with Crippen molar-refractivity contribution in [3.05, 3.63) is 0 Å². The van der Waals surface area contributed by atoms with Gasteiger partial charge in [-0.3, -0.25) is 9.79 Å². The quantitative estimate of drug-likeness (QED) is 0.788. The Kier molecular flexibility index (Phi) is 3.09. The van der Waals surface area contributed by atoms with Gasteiger partial charge in [-0.1, -0.05) is 0 Å². The number of nitrogens with zero attached hydrogens (tertiary/aromatic N) is 3. The molecule has 4 saturated carbocycles. The molecule has 5 rings (SSSR count). The first-order valence-electron chi connectivity index (χ1n) is 8.49. The van der Waals surface area contributed by atoms with E-state index in [4.69, 9.17) is 5.26 Å². The highest BCUT2D eigenvalue weighted by Gasteiger charge is 2.57. The van der Waals surface area contributed by atoms with E-state index < -0.39 is 5.60 Å². The molecule has 1 aliphatic heterocycles. The van der Waals surface area contributed by atoms with Crippen LogP contribution in [0.2, 0.25) is 0 Å². The van der Waals surface area contributed by atoms with E-state index in [1.165, 1.54) is 12.6 Å². The third kappa shape index (κ3) is 2.25. The fourth-order valence-corrected chi connectivity index (χ4v) is 5.75. The summed E-state index contributed by atoms with van der Waals surface area (Å²) < 4.78 is 0. The standard InChI is InChI=1S/C17H23N3O2/c18-9-14-2-1-3-20(14)15(21)10-19-16-5-12-4-13(6-16)8-17(22,7-12)11-16/h10,12-14,22H,1-8,11H2/t12-,13+,14-,16?,17?/m0/s1. The van der Waals surface area contributed by atoms with Crippen molar-refractivity contribution in [1.82, 2.24) is 4.90 Å². The van der Waals surface area contributed by atoms with Crippen LogP contribution in [0, 0.1) is 23.2 Å². The van der Waals surface area contributed by atoms with Gasteiger partial charge in [0.2, 0.25) is 0 Å². The molecule has 5 atom stereocenters. The van der Waals surface area contributed by atoms with Crippen molar-refractivity contribution in [3.8, 4) is 6.07 Å². The number of aliphatic hydroxyl groups is 1. The van der Waals surface area contributed by atoms with Crippen molar-refractivity contribution in [1.29, 1.82) is 5.26 Å². The van der Waals surface area contributed by atoms with E-state index in [0.717, 1.165) is 38.5 Å². The molecule has 0 aromatic carbocycles. The Hall–Kier alpha value is -1.41. The summed E-state index contributed by atoms with van der Waals surface area (Å²) in [6.07, 6.45) is 8.89. The largest absolute Gasteiger partial charge is 0.390 e. The molecule has 4 aliphatic carbocycles. The fraction of sp³-hybridized carbons (Fsp3) is 0.824. The summed E-state index contributed by atoms with van der Waals surface area (Å²) in [5.74, 6) is 1.00. The van der Waals surface area contributed by atoms with Gasteiger partial charge >= 0.3 is 0 Å². The van der Waals surface area contributed by atoms with Crippen molar-refractivity contribution in [2.45, 2.75) is 68.5 Å². The van der Waals surface area contributed by atoms with E-state index in [1.807, 2.05) is 0 Å². The SMILES string of the molecule is N#C[C@@H]1CCCN1C(=O)C=NC12C[C@@H]3C[C@@H](CC(O)(C3)C1)C2. The zero-order chi connectivity index (χ0) is 15.4. The topological polar surface area (TPSA) is 76.7 Å². The van der Waals surface area contributed by atoms with Gasteiger partial charge in [0.25, 0.3) is 5.91 Å². The van der Waals surface area contributed by atoms with Crippen LogP contribution < -0.4 is 0 Å². The Balaban J connectivity index is 1.51. The first-order chi connectivity index (χ1) is 10.5. The predicted octanol–water partition coefficient (Wildman–Crippen LogP) is 1.66. The normalized spacial score (nSPS) is 46.4. The zero-order valence-electron chi connectivity index (χ0n) is 12.9. The van der Waals surface area contributed by atoms with Crippen LogP contribution >= 0.6 is 0 Å². The van der Waals surface area contributed by atoms with E-state index in [0.29, 0.717) is 24.8 Å². The summed E-state index contributed by atoms with van der Waals surface area (Å²) in [6.45, 7) is 0.658. The van der Waals surface area contributed by atoms with E-state index in [2.05, 4.69) is 11.1 Å². The lowest BCUT2D eigenvalue weighted by Crippen LogP contribution is -2.58. The molecule has 0 spiro atoms. The number of hydrogen-bond donors (Lipinski definition) is 1. The second-order valence-corrected chi connectivity index (χ2v) is 7.99. The summed E-state index contributed by atoms with van der Waals surface area (Å²) in [4.78, 5) is 18.7. The number of nitriles is 1. The van der Waals surface area contributed by atoms with Gasteiger partial charge in [0.05, 0.1) is 23.4 Å². The van der Waals surface area contributed by atoms with Gasteiger partial charge < -0.3 is 10.0 Å². The summed E-state index contributed by atoms with van der Waals surface area (Å²) in [5.41, 5.74) is -0.774. The van der Waals surface area contributed by atoms with Crippen LogP contribution in [-0.4, -0.2) is 45.9 Å². The lowest BCUT2D eigenvalue weighted by atomic mass is 9.51.